The molecule has 0 aliphatic rings. The fraction of sp³-hybridized carbons (Fsp3) is 0.250. The number of aromatic hydroxyl groups is 1. The molecule has 5 heteroatoms. The lowest BCUT2D eigenvalue weighted by atomic mass is 9.64. The molecule has 0 aromatic heterocycles. The van der Waals surface area contributed by atoms with Crippen LogP contribution in [0, 0.1) is 0 Å². The van der Waals surface area contributed by atoms with Gasteiger partial charge in [0, 0.05) is 0 Å². The standard InChI is InChI=1S/C8H14B4O/c1-2-3-4(9)5(10)6(11)7(12)8(3)13/h13H,2,9-12H2,1H3. The van der Waals surface area contributed by atoms with E-state index in [0.29, 0.717) is 5.75 Å². The van der Waals surface area contributed by atoms with Crippen LogP contribution in [-0.4, -0.2) is 36.5 Å². The van der Waals surface area contributed by atoms with E-state index in [1.807, 2.05) is 7.85 Å². The highest BCUT2D eigenvalue weighted by molar-refractivity contribution is 6.63. The Kier molecular flexibility index (Phi) is 2.84. The molecule has 1 nitrogen and oxygen atoms in total. The maximum atomic E-state index is 9.88. The van der Waals surface area contributed by atoms with Crippen LogP contribution in [0.2, 0.25) is 0 Å². The molecule has 0 saturated carbocycles. The molecule has 1 rings (SSSR count). The molecule has 0 fully saturated rings. The molecule has 64 valence electrons. The molecule has 1 aromatic rings. The fourth-order valence-corrected chi connectivity index (χ4v) is 1.80. The van der Waals surface area contributed by atoms with Gasteiger partial charge in [0.25, 0.3) is 0 Å². The zero-order chi connectivity index (χ0) is 10.2. The number of hydrogen-bond donors (Lipinski definition) is 1. The minimum Gasteiger partial charge on any atom is -0.508 e. The van der Waals surface area contributed by atoms with Crippen molar-refractivity contribution in [3.8, 4) is 5.75 Å². The van der Waals surface area contributed by atoms with Gasteiger partial charge >= 0.3 is 0 Å². The van der Waals surface area contributed by atoms with Crippen LogP contribution >= 0.6 is 0 Å². The van der Waals surface area contributed by atoms with Gasteiger partial charge in [-0.3, -0.25) is 0 Å². The molecule has 0 aliphatic carbocycles. The average molecular weight is 169 g/mol. The molecule has 1 aromatic carbocycles. The van der Waals surface area contributed by atoms with Gasteiger partial charge in [0.2, 0.25) is 0 Å². The summed E-state index contributed by atoms with van der Waals surface area (Å²) in [5.74, 6) is 0.489. The van der Waals surface area contributed by atoms with Gasteiger partial charge in [0.15, 0.2) is 0 Å². The summed E-state index contributed by atoms with van der Waals surface area (Å²) in [6.07, 6.45) is 0.902. The number of hydrogen-bond acceptors (Lipinski definition) is 1. The predicted molar refractivity (Wildman–Crippen MR) is 70.2 cm³/mol. The lowest BCUT2D eigenvalue weighted by Crippen LogP contribution is -2.48. The van der Waals surface area contributed by atoms with Crippen LogP contribution in [0.25, 0.3) is 0 Å². The molecule has 0 spiro atoms. The highest BCUT2D eigenvalue weighted by Gasteiger charge is 2.11. The first kappa shape index (κ1) is 10.4. The minimum absolute atomic E-state index is 0.489. The summed E-state index contributed by atoms with van der Waals surface area (Å²) in [4.78, 5) is 0. The predicted octanol–water partition coefficient (Wildman–Crippen LogP) is -5.01. The zero-order valence-electron chi connectivity index (χ0n) is 9.15. The van der Waals surface area contributed by atoms with E-state index < -0.39 is 0 Å². The van der Waals surface area contributed by atoms with Crippen molar-refractivity contribution in [2.75, 3.05) is 0 Å². The smallest absolute Gasteiger partial charge is 0.143 e. The number of rotatable bonds is 1. The van der Waals surface area contributed by atoms with Crippen LogP contribution < -0.4 is 21.9 Å². The molecular formula is C8H14B4O. The van der Waals surface area contributed by atoms with Crippen molar-refractivity contribution < 1.29 is 5.11 Å². The summed E-state index contributed by atoms with van der Waals surface area (Å²) in [6.45, 7) is 2.08. The van der Waals surface area contributed by atoms with E-state index in [0.717, 1.165) is 17.4 Å². The van der Waals surface area contributed by atoms with Gasteiger partial charge < -0.3 is 5.11 Å². The van der Waals surface area contributed by atoms with Crippen molar-refractivity contribution in [2.24, 2.45) is 0 Å². The van der Waals surface area contributed by atoms with Crippen molar-refractivity contribution in [2.45, 2.75) is 13.3 Å². The number of benzene rings is 1. The summed E-state index contributed by atoms with van der Waals surface area (Å²) in [5.41, 5.74) is 5.89. The van der Waals surface area contributed by atoms with Crippen molar-refractivity contribution in [3.63, 3.8) is 0 Å². The van der Waals surface area contributed by atoms with E-state index in [1.165, 1.54) is 16.4 Å². The van der Waals surface area contributed by atoms with Crippen LogP contribution in [-0.2, 0) is 6.42 Å². The summed E-state index contributed by atoms with van der Waals surface area (Å²) >= 11 is 0. The maximum Gasteiger partial charge on any atom is 0.143 e. The summed E-state index contributed by atoms with van der Waals surface area (Å²) in [7, 11) is 8.25. The van der Waals surface area contributed by atoms with Crippen LogP contribution in [0.5, 0.6) is 5.75 Å². The topological polar surface area (TPSA) is 20.2 Å². The molecule has 0 heterocycles. The second-order valence-electron chi connectivity index (χ2n) is 3.68. The van der Waals surface area contributed by atoms with Crippen LogP contribution in [0.4, 0.5) is 0 Å². The van der Waals surface area contributed by atoms with E-state index in [9.17, 15) is 5.11 Å². The van der Waals surface area contributed by atoms with Gasteiger partial charge in [-0.25, -0.2) is 0 Å². The Morgan fingerprint density at radius 2 is 1.38 bits per heavy atom. The normalized spacial score (nSPS) is 10.2. The lowest BCUT2D eigenvalue weighted by Gasteiger charge is -2.16. The van der Waals surface area contributed by atoms with Crippen LogP contribution in [0.1, 0.15) is 12.5 Å². The molecule has 0 saturated heterocycles. The largest absolute Gasteiger partial charge is 0.508 e. The third-order valence-electron chi connectivity index (χ3n) is 3.13. The van der Waals surface area contributed by atoms with Crippen molar-refractivity contribution >= 4 is 53.2 Å². The molecule has 0 amide bonds. The molecule has 0 atom stereocenters. The summed E-state index contributed by atoms with van der Waals surface area (Å²) in [5, 5.41) is 9.88. The second kappa shape index (κ2) is 3.57. The summed E-state index contributed by atoms with van der Waals surface area (Å²) < 4.78 is 0. The highest BCUT2D eigenvalue weighted by Crippen LogP contribution is 2.08. The molecule has 0 aliphatic heterocycles. The molecule has 0 unspecified atom stereocenters. The molecule has 0 bridgehead atoms. The lowest BCUT2D eigenvalue weighted by molar-refractivity contribution is 0.474. The van der Waals surface area contributed by atoms with Crippen LogP contribution in [0.15, 0.2) is 0 Å². The summed E-state index contributed by atoms with van der Waals surface area (Å²) in [6, 6.07) is 0. The monoisotopic (exact) mass is 170 g/mol. The Hall–Kier alpha value is -0.720. The molecule has 0 radical (unpaired) electrons. The highest BCUT2D eigenvalue weighted by atomic mass is 16.3. The van der Waals surface area contributed by atoms with Gasteiger partial charge in [-0.15, -0.1) is 5.46 Å². The van der Waals surface area contributed by atoms with E-state index in [4.69, 9.17) is 0 Å². The third-order valence-corrected chi connectivity index (χ3v) is 3.13. The van der Waals surface area contributed by atoms with E-state index in [2.05, 4.69) is 30.5 Å². The Balaban J connectivity index is 3.56. The first-order valence-corrected chi connectivity index (χ1v) is 4.78. The molecule has 13 heavy (non-hydrogen) atoms. The molecule has 1 N–H and O–H groups in total. The van der Waals surface area contributed by atoms with Crippen molar-refractivity contribution in [1.82, 2.24) is 0 Å². The van der Waals surface area contributed by atoms with Gasteiger partial charge in [-0.05, 0) is 12.0 Å². The fourth-order valence-electron chi connectivity index (χ4n) is 1.80. The van der Waals surface area contributed by atoms with Crippen molar-refractivity contribution in [1.29, 1.82) is 0 Å². The second-order valence-corrected chi connectivity index (χ2v) is 3.68. The zero-order valence-corrected chi connectivity index (χ0v) is 9.15. The average Bonchev–Trinajstić information content (AvgIpc) is 2.13. The van der Waals surface area contributed by atoms with E-state index >= 15 is 0 Å². The minimum atomic E-state index is 0.489. The van der Waals surface area contributed by atoms with Crippen LogP contribution in [0.3, 0.4) is 0 Å². The Morgan fingerprint density at radius 1 is 0.923 bits per heavy atom. The van der Waals surface area contributed by atoms with Gasteiger partial charge in [-0.1, -0.05) is 23.3 Å². The number of phenols is 1. The SMILES string of the molecule is Bc1c(B)c(B)c(CC)c(O)c1B. The van der Waals surface area contributed by atoms with E-state index in [-0.39, 0.29) is 0 Å². The Bertz CT molecular complexity index is 319. The van der Waals surface area contributed by atoms with Crippen molar-refractivity contribution in [3.05, 3.63) is 5.56 Å². The van der Waals surface area contributed by atoms with Gasteiger partial charge in [0.05, 0.1) is 0 Å². The maximum absolute atomic E-state index is 9.88. The Morgan fingerprint density at radius 3 is 1.85 bits per heavy atom. The molecular weight excluding hydrogens is 155 g/mol. The van der Waals surface area contributed by atoms with Gasteiger partial charge in [0.1, 0.15) is 37.1 Å². The quantitative estimate of drug-likeness (QED) is 0.418. The number of phenolic OH excluding ortho intramolecular Hbond substituents is 1. The first-order chi connectivity index (χ1) is 6.00. The van der Waals surface area contributed by atoms with Gasteiger partial charge in [-0.2, -0.15) is 0 Å². The Labute approximate surface area is 83.6 Å². The first-order valence-electron chi connectivity index (χ1n) is 4.78. The van der Waals surface area contributed by atoms with E-state index in [1.54, 1.807) is 0 Å². The third kappa shape index (κ3) is 1.52.